The Hall–Kier alpha value is -3.43. The van der Waals surface area contributed by atoms with E-state index in [1.54, 1.807) is 0 Å². The van der Waals surface area contributed by atoms with E-state index < -0.39 is 22.7 Å². The van der Waals surface area contributed by atoms with Crippen molar-refractivity contribution in [1.82, 2.24) is 0 Å². The van der Waals surface area contributed by atoms with Crippen LogP contribution in [0.4, 0.5) is 0 Å². The third-order valence-electron chi connectivity index (χ3n) is 3.17. The number of phenols is 4. The van der Waals surface area contributed by atoms with Gasteiger partial charge in [0, 0.05) is 17.7 Å². The zero-order chi connectivity index (χ0) is 16.0. The van der Waals surface area contributed by atoms with Crippen molar-refractivity contribution in [2.24, 2.45) is 0 Å². The van der Waals surface area contributed by atoms with Gasteiger partial charge in [0.25, 0.3) is 0 Å². The summed E-state index contributed by atoms with van der Waals surface area (Å²) in [5, 5.41) is 47.6. The molecule has 2 aromatic carbocycles. The predicted octanol–water partition coefficient (Wildman–Crippen LogP) is 0.339. The Bertz CT molecular complexity index is 959. The largest absolute Gasteiger partial charge is 0.508 e. The molecule has 24 heavy (non-hydrogen) atoms. The highest BCUT2D eigenvalue weighted by molar-refractivity contribution is 5.88. The van der Waals surface area contributed by atoms with Gasteiger partial charge >= 0.3 is 0 Å². The molecule has 0 saturated carbocycles. The molecule has 1 heterocycles. The molecule has 0 aliphatic carbocycles. The second kappa shape index (κ2) is 6.36. The molecule has 0 fully saturated rings. The lowest BCUT2D eigenvalue weighted by atomic mass is 10.1. The molecule has 0 atom stereocenters. The van der Waals surface area contributed by atoms with Gasteiger partial charge in [-0.1, -0.05) is 0 Å². The van der Waals surface area contributed by atoms with Crippen molar-refractivity contribution in [2.75, 3.05) is 0 Å². The molecule has 0 aliphatic rings. The SMILES string of the molecule is O.O.O=c1c(O)c(-c2ccc(O)c(O)c2)oc2cc(O)cc(O)c12. The van der Waals surface area contributed by atoms with Crippen molar-refractivity contribution >= 4 is 11.0 Å². The molecule has 0 saturated heterocycles. The van der Waals surface area contributed by atoms with Gasteiger partial charge < -0.3 is 40.9 Å². The summed E-state index contributed by atoms with van der Waals surface area (Å²) < 4.78 is 5.35. The first-order valence-corrected chi connectivity index (χ1v) is 6.12. The average Bonchev–Trinajstić information content (AvgIpc) is 2.45. The molecule has 0 bridgehead atoms. The molecule has 0 aliphatic heterocycles. The summed E-state index contributed by atoms with van der Waals surface area (Å²) in [6.45, 7) is 0. The first-order chi connectivity index (χ1) is 10.4. The van der Waals surface area contributed by atoms with Crippen LogP contribution in [-0.2, 0) is 0 Å². The molecule has 128 valence electrons. The standard InChI is InChI=1S/C15H10O7.2H2O/c16-7-4-10(19)12-11(5-7)22-15(14(21)13(12)20)6-1-2-8(17)9(18)3-6;;/h1-5,16-19,21H;2*1H2. The van der Waals surface area contributed by atoms with E-state index in [0.717, 1.165) is 24.3 Å². The van der Waals surface area contributed by atoms with Crippen LogP contribution in [0.5, 0.6) is 28.7 Å². The lowest BCUT2D eigenvalue weighted by Gasteiger charge is -2.08. The van der Waals surface area contributed by atoms with E-state index in [1.807, 2.05) is 0 Å². The monoisotopic (exact) mass is 338 g/mol. The molecule has 0 radical (unpaired) electrons. The van der Waals surface area contributed by atoms with Crippen molar-refractivity contribution < 1.29 is 40.9 Å². The second-order valence-electron chi connectivity index (χ2n) is 4.65. The third-order valence-corrected chi connectivity index (χ3v) is 3.17. The van der Waals surface area contributed by atoms with Gasteiger partial charge in [0.2, 0.25) is 11.2 Å². The van der Waals surface area contributed by atoms with Crippen LogP contribution >= 0.6 is 0 Å². The molecule has 0 unspecified atom stereocenters. The maximum Gasteiger partial charge on any atom is 0.238 e. The van der Waals surface area contributed by atoms with E-state index >= 15 is 0 Å². The lowest BCUT2D eigenvalue weighted by Crippen LogP contribution is -2.02. The van der Waals surface area contributed by atoms with Crippen molar-refractivity contribution in [3.8, 4) is 40.1 Å². The van der Waals surface area contributed by atoms with Crippen molar-refractivity contribution in [1.29, 1.82) is 0 Å². The zero-order valence-corrected chi connectivity index (χ0v) is 11.9. The maximum absolute atomic E-state index is 12.1. The molecule has 9 heteroatoms. The van der Waals surface area contributed by atoms with E-state index in [1.165, 1.54) is 6.07 Å². The summed E-state index contributed by atoms with van der Waals surface area (Å²) in [4.78, 5) is 12.1. The Morgan fingerprint density at radius 3 is 2.08 bits per heavy atom. The zero-order valence-electron chi connectivity index (χ0n) is 11.9. The Balaban J connectivity index is 0.00000144. The highest BCUT2D eigenvalue weighted by Gasteiger charge is 2.19. The van der Waals surface area contributed by atoms with E-state index in [4.69, 9.17) is 4.42 Å². The Kier molecular flexibility index (Phi) is 4.94. The van der Waals surface area contributed by atoms with E-state index in [2.05, 4.69) is 0 Å². The van der Waals surface area contributed by atoms with Gasteiger partial charge in [0.1, 0.15) is 22.5 Å². The van der Waals surface area contributed by atoms with Crippen LogP contribution in [0.1, 0.15) is 0 Å². The number of fused-ring (bicyclic) bond motifs is 1. The molecule has 9 nitrogen and oxygen atoms in total. The van der Waals surface area contributed by atoms with Crippen LogP contribution in [0, 0.1) is 0 Å². The molecule has 3 aromatic rings. The third kappa shape index (κ3) is 2.76. The van der Waals surface area contributed by atoms with Gasteiger partial charge in [0.15, 0.2) is 17.3 Å². The second-order valence-corrected chi connectivity index (χ2v) is 4.65. The number of rotatable bonds is 1. The Morgan fingerprint density at radius 2 is 1.46 bits per heavy atom. The average molecular weight is 338 g/mol. The summed E-state index contributed by atoms with van der Waals surface area (Å²) in [6, 6.07) is 5.64. The Morgan fingerprint density at radius 1 is 0.792 bits per heavy atom. The van der Waals surface area contributed by atoms with Gasteiger partial charge in [-0.05, 0) is 18.2 Å². The maximum atomic E-state index is 12.1. The highest BCUT2D eigenvalue weighted by atomic mass is 16.4. The summed E-state index contributed by atoms with van der Waals surface area (Å²) in [7, 11) is 0. The topological polar surface area (TPSA) is 194 Å². The quantitative estimate of drug-likeness (QED) is 0.394. The number of benzene rings is 2. The lowest BCUT2D eigenvalue weighted by molar-refractivity contribution is 0.403. The number of hydrogen-bond donors (Lipinski definition) is 5. The van der Waals surface area contributed by atoms with Crippen molar-refractivity contribution in [3.63, 3.8) is 0 Å². The number of aromatic hydroxyl groups is 5. The summed E-state index contributed by atoms with van der Waals surface area (Å²) in [5.74, 6) is -2.71. The molecular weight excluding hydrogens is 324 g/mol. The summed E-state index contributed by atoms with van der Waals surface area (Å²) >= 11 is 0. The van der Waals surface area contributed by atoms with E-state index in [-0.39, 0.29) is 44.7 Å². The molecule has 0 spiro atoms. The number of hydrogen-bond acceptors (Lipinski definition) is 7. The fraction of sp³-hybridized carbons (Fsp3) is 0. The van der Waals surface area contributed by atoms with Crippen LogP contribution in [0.3, 0.4) is 0 Å². The fourth-order valence-electron chi connectivity index (χ4n) is 2.14. The number of phenolic OH excluding ortho intramolecular Hbond substituents is 4. The van der Waals surface area contributed by atoms with Gasteiger partial charge in [-0.3, -0.25) is 4.79 Å². The predicted molar refractivity (Wildman–Crippen MR) is 83.5 cm³/mol. The van der Waals surface area contributed by atoms with Crippen LogP contribution in [0.25, 0.3) is 22.3 Å². The molecule has 3 rings (SSSR count). The van der Waals surface area contributed by atoms with Crippen LogP contribution in [-0.4, -0.2) is 36.5 Å². The minimum atomic E-state index is -0.888. The van der Waals surface area contributed by atoms with Crippen LogP contribution in [0.15, 0.2) is 39.5 Å². The van der Waals surface area contributed by atoms with Gasteiger partial charge in [-0.2, -0.15) is 0 Å². The molecule has 1 aromatic heterocycles. The van der Waals surface area contributed by atoms with Gasteiger partial charge in [-0.25, -0.2) is 0 Å². The Labute approximate surface area is 133 Å². The normalized spacial score (nSPS) is 10.0. The summed E-state index contributed by atoms with van der Waals surface area (Å²) in [5.41, 5.74) is -0.890. The summed E-state index contributed by atoms with van der Waals surface area (Å²) in [6.07, 6.45) is 0. The highest BCUT2D eigenvalue weighted by Crippen LogP contribution is 2.37. The smallest absolute Gasteiger partial charge is 0.238 e. The van der Waals surface area contributed by atoms with Crippen molar-refractivity contribution in [3.05, 3.63) is 40.6 Å². The molecule has 0 amide bonds. The minimum Gasteiger partial charge on any atom is -0.508 e. The first-order valence-electron chi connectivity index (χ1n) is 6.12. The van der Waals surface area contributed by atoms with E-state index in [0.29, 0.717) is 0 Å². The minimum absolute atomic E-state index is 0. The fourth-order valence-corrected chi connectivity index (χ4v) is 2.14. The molecule has 9 N–H and O–H groups in total. The molecular formula is C15H14O9. The first kappa shape index (κ1) is 18.6. The van der Waals surface area contributed by atoms with E-state index in [9.17, 15) is 30.3 Å². The van der Waals surface area contributed by atoms with Crippen LogP contribution < -0.4 is 5.43 Å². The van der Waals surface area contributed by atoms with Crippen molar-refractivity contribution in [2.45, 2.75) is 0 Å². The van der Waals surface area contributed by atoms with Gasteiger partial charge in [-0.15, -0.1) is 0 Å². The van der Waals surface area contributed by atoms with Crippen LogP contribution in [0.2, 0.25) is 0 Å². The van der Waals surface area contributed by atoms with Gasteiger partial charge in [0.05, 0.1) is 0 Å².